The molecule has 3 heteroatoms. The van der Waals surface area contributed by atoms with Crippen molar-refractivity contribution in [3.63, 3.8) is 0 Å². The van der Waals surface area contributed by atoms with Gasteiger partial charge in [-0.05, 0) is 30.9 Å². The highest BCUT2D eigenvalue weighted by atomic mass is 16.7. The molecule has 1 spiro atoms. The van der Waals surface area contributed by atoms with Crippen LogP contribution in [-0.2, 0) is 22.3 Å². The van der Waals surface area contributed by atoms with Gasteiger partial charge in [-0.25, -0.2) is 0 Å². The zero-order valence-electron chi connectivity index (χ0n) is 9.45. The molecule has 0 unspecified atom stereocenters. The number of hydrogen-bond acceptors (Lipinski definition) is 3. The maximum atomic E-state index is 5.79. The van der Waals surface area contributed by atoms with Gasteiger partial charge in [0, 0.05) is 24.7 Å². The average Bonchev–Trinajstić information content (AvgIpc) is 2.75. The summed E-state index contributed by atoms with van der Waals surface area (Å²) in [4.78, 5) is 4.45. The van der Waals surface area contributed by atoms with Crippen LogP contribution in [0, 0.1) is 0 Å². The first-order valence-corrected chi connectivity index (χ1v) is 6.09. The van der Waals surface area contributed by atoms with Gasteiger partial charge in [-0.3, -0.25) is 4.98 Å². The summed E-state index contributed by atoms with van der Waals surface area (Å²) in [6.07, 6.45) is 7.02. The molecular formula is C13H17NO2. The van der Waals surface area contributed by atoms with E-state index in [2.05, 4.69) is 11.1 Å². The Morgan fingerprint density at radius 2 is 2.00 bits per heavy atom. The van der Waals surface area contributed by atoms with Crippen LogP contribution in [0.3, 0.4) is 0 Å². The van der Waals surface area contributed by atoms with Gasteiger partial charge >= 0.3 is 0 Å². The second-order valence-corrected chi connectivity index (χ2v) is 4.57. The minimum Gasteiger partial charge on any atom is -0.348 e. The Bertz CT molecular complexity index is 372. The molecule has 1 saturated heterocycles. The van der Waals surface area contributed by atoms with Crippen molar-refractivity contribution in [3.8, 4) is 0 Å². The molecule has 0 saturated carbocycles. The van der Waals surface area contributed by atoms with Crippen LogP contribution in [0.4, 0.5) is 0 Å². The molecule has 16 heavy (non-hydrogen) atoms. The predicted octanol–water partition coefficient (Wildman–Crippen LogP) is 2.09. The van der Waals surface area contributed by atoms with E-state index in [9.17, 15) is 0 Å². The number of fused-ring (bicyclic) bond motifs is 1. The van der Waals surface area contributed by atoms with Crippen molar-refractivity contribution in [2.24, 2.45) is 0 Å². The van der Waals surface area contributed by atoms with Gasteiger partial charge in [-0.2, -0.15) is 0 Å². The van der Waals surface area contributed by atoms with E-state index in [-0.39, 0.29) is 5.79 Å². The van der Waals surface area contributed by atoms with Gasteiger partial charge in [0.05, 0.1) is 13.2 Å². The molecule has 0 aromatic carbocycles. The van der Waals surface area contributed by atoms with Gasteiger partial charge < -0.3 is 9.47 Å². The van der Waals surface area contributed by atoms with E-state index < -0.39 is 0 Å². The van der Waals surface area contributed by atoms with Crippen molar-refractivity contribution in [2.45, 2.75) is 37.9 Å². The Balaban J connectivity index is 1.82. The summed E-state index contributed by atoms with van der Waals surface area (Å²) >= 11 is 0. The second kappa shape index (κ2) is 4.15. The number of ether oxygens (including phenoxy) is 2. The third-order valence-corrected chi connectivity index (χ3v) is 3.54. The topological polar surface area (TPSA) is 31.4 Å². The van der Waals surface area contributed by atoms with Crippen molar-refractivity contribution in [3.05, 3.63) is 29.6 Å². The fourth-order valence-corrected chi connectivity index (χ4v) is 2.69. The van der Waals surface area contributed by atoms with Gasteiger partial charge in [0.2, 0.25) is 0 Å². The van der Waals surface area contributed by atoms with Crippen LogP contribution in [0.5, 0.6) is 0 Å². The molecule has 3 rings (SSSR count). The molecule has 3 nitrogen and oxygen atoms in total. The van der Waals surface area contributed by atoms with Gasteiger partial charge in [-0.15, -0.1) is 0 Å². The molecule has 86 valence electrons. The third kappa shape index (κ3) is 1.85. The average molecular weight is 219 g/mol. The molecule has 1 aromatic heterocycles. The highest BCUT2D eigenvalue weighted by Crippen LogP contribution is 2.33. The van der Waals surface area contributed by atoms with Gasteiger partial charge in [0.15, 0.2) is 5.79 Å². The summed E-state index contributed by atoms with van der Waals surface area (Å²) in [6.45, 7) is 1.50. The number of aryl methyl sites for hydroxylation is 2. The summed E-state index contributed by atoms with van der Waals surface area (Å²) in [6, 6.07) is 4.19. The van der Waals surface area contributed by atoms with Crippen molar-refractivity contribution in [1.29, 1.82) is 0 Å². The van der Waals surface area contributed by atoms with Gasteiger partial charge in [-0.1, -0.05) is 6.07 Å². The Labute approximate surface area is 95.8 Å². The summed E-state index contributed by atoms with van der Waals surface area (Å²) in [5, 5.41) is 0. The number of aromatic nitrogens is 1. The van der Waals surface area contributed by atoms with Gasteiger partial charge in [0.1, 0.15) is 0 Å². The van der Waals surface area contributed by atoms with Crippen molar-refractivity contribution in [2.75, 3.05) is 13.2 Å². The summed E-state index contributed by atoms with van der Waals surface area (Å²) < 4.78 is 11.6. The van der Waals surface area contributed by atoms with Crippen molar-refractivity contribution < 1.29 is 9.47 Å². The number of hydrogen-bond donors (Lipinski definition) is 0. The van der Waals surface area contributed by atoms with E-state index >= 15 is 0 Å². The first-order chi connectivity index (χ1) is 7.88. The fourth-order valence-electron chi connectivity index (χ4n) is 2.69. The fraction of sp³-hybridized carbons (Fsp3) is 0.615. The standard InChI is InChI=1S/C13H17NO2/c1-4-12-11(3-2-8-14-12)5-7-13(6-1)15-9-10-16-13/h2-3,8H,1,4-7,9-10H2. The third-order valence-electron chi connectivity index (χ3n) is 3.54. The Kier molecular flexibility index (Phi) is 2.65. The SMILES string of the molecule is c1cnc2c(c1)CCC1(CCC2)OCCO1. The molecule has 0 atom stereocenters. The summed E-state index contributed by atoms with van der Waals surface area (Å²) in [7, 11) is 0. The van der Waals surface area contributed by atoms with Crippen LogP contribution in [0.1, 0.15) is 30.5 Å². The zero-order valence-corrected chi connectivity index (χ0v) is 9.45. The highest BCUT2D eigenvalue weighted by molar-refractivity contribution is 5.21. The highest BCUT2D eigenvalue weighted by Gasteiger charge is 2.36. The van der Waals surface area contributed by atoms with Crippen LogP contribution < -0.4 is 0 Å². The first kappa shape index (κ1) is 10.2. The minimum atomic E-state index is -0.284. The molecule has 1 aliphatic heterocycles. The van der Waals surface area contributed by atoms with E-state index in [1.807, 2.05) is 12.3 Å². The zero-order chi connectivity index (χ0) is 10.8. The van der Waals surface area contributed by atoms with E-state index in [1.54, 1.807) is 0 Å². The van der Waals surface area contributed by atoms with Crippen LogP contribution in [0.15, 0.2) is 18.3 Å². The molecule has 2 heterocycles. The lowest BCUT2D eigenvalue weighted by molar-refractivity contribution is -0.167. The second-order valence-electron chi connectivity index (χ2n) is 4.57. The molecule has 1 fully saturated rings. The predicted molar refractivity (Wildman–Crippen MR) is 60.1 cm³/mol. The van der Waals surface area contributed by atoms with Crippen molar-refractivity contribution in [1.82, 2.24) is 4.98 Å². The Morgan fingerprint density at radius 3 is 2.88 bits per heavy atom. The molecule has 1 aliphatic carbocycles. The Morgan fingerprint density at radius 1 is 1.12 bits per heavy atom. The van der Waals surface area contributed by atoms with Crippen LogP contribution >= 0.6 is 0 Å². The van der Waals surface area contributed by atoms with Crippen LogP contribution in [0.2, 0.25) is 0 Å². The number of rotatable bonds is 0. The summed E-state index contributed by atoms with van der Waals surface area (Å²) in [5.74, 6) is -0.284. The van der Waals surface area contributed by atoms with E-state index in [0.29, 0.717) is 0 Å². The van der Waals surface area contributed by atoms with E-state index in [1.165, 1.54) is 11.3 Å². The quantitative estimate of drug-likeness (QED) is 0.669. The molecule has 2 aliphatic rings. The molecule has 0 radical (unpaired) electrons. The maximum absolute atomic E-state index is 5.79. The Hall–Kier alpha value is -0.930. The molecule has 1 aromatic rings. The lowest BCUT2D eigenvalue weighted by atomic mass is 9.93. The lowest BCUT2D eigenvalue weighted by Gasteiger charge is -2.29. The largest absolute Gasteiger partial charge is 0.348 e. The number of nitrogens with zero attached hydrogens (tertiary/aromatic N) is 1. The van der Waals surface area contributed by atoms with Crippen LogP contribution in [0.25, 0.3) is 0 Å². The smallest absolute Gasteiger partial charge is 0.168 e. The normalized spacial score (nSPS) is 23.8. The monoisotopic (exact) mass is 219 g/mol. The van der Waals surface area contributed by atoms with E-state index in [0.717, 1.165) is 45.3 Å². The molecular weight excluding hydrogens is 202 g/mol. The minimum absolute atomic E-state index is 0.284. The summed E-state index contributed by atoms with van der Waals surface area (Å²) in [5.41, 5.74) is 2.62. The molecule has 0 N–H and O–H groups in total. The first-order valence-electron chi connectivity index (χ1n) is 6.09. The number of pyridine rings is 1. The lowest BCUT2D eigenvalue weighted by Crippen LogP contribution is -2.32. The van der Waals surface area contributed by atoms with Gasteiger partial charge in [0.25, 0.3) is 0 Å². The van der Waals surface area contributed by atoms with E-state index in [4.69, 9.17) is 9.47 Å². The maximum Gasteiger partial charge on any atom is 0.168 e. The van der Waals surface area contributed by atoms with Crippen molar-refractivity contribution >= 4 is 0 Å². The van der Waals surface area contributed by atoms with Crippen LogP contribution in [-0.4, -0.2) is 24.0 Å². The molecule has 0 amide bonds. The molecule has 0 bridgehead atoms.